The monoisotopic (exact) mass is 690 g/mol. The second-order valence-corrected chi connectivity index (χ2v) is 11.5. The molecule has 0 aromatic heterocycles. The number of carboxylic acids is 1. The molecule has 264 valence electrons. The third-order valence-electron chi connectivity index (χ3n) is 8.14. The Morgan fingerprint density at radius 3 is 2.41 bits per heavy atom. The van der Waals surface area contributed by atoms with Crippen molar-refractivity contribution in [2.24, 2.45) is 11.7 Å². The number of halogens is 3. The van der Waals surface area contributed by atoms with Crippen LogP contribution in [0, 0.1) is 11.3 Å². The van der Waals surface area contributed by atoms with Crippen molar-refractivity contribution in [1.29, 1.82) is 5.41 Å². The smallest absolute Gasteiger partial charge is 0.475 e. The average Bonchev–Trinajstić information content (AvgIpc) is 3.76. The van der Waals surface area contributed by atoms with Crippen LogP contribution < -0.4 is 31.3 Å². The van der Waals surface area contributed by atoms with Gasteiger partial charge in [0.15, 0.2) is 5.96 Å². The molecule has 0 radical (unpaired) electrons. The molecule has 2 amide bonds. The number of carbonyl (C=O) groups is 6. The standard InChI is InChI=1S/C30H36N6O6.C2HF3O2/c1-20(30(29(19-38,35-30)13-15-37)27(41)42-22-9-5-2-6-10-22)18-36-24-12-11-21(8-4-3-7-14-33-28(31)32)16-23(24)26(40)34-17-25(36)39;3-2(4,5)1(6)7/h2,5-6,9-12,15-16,19-20,35H,3-4,7-8,13-14,17-18H2,1H3,(H,34,40)(H4,31,32,33);(H,6,7)/t20?,29?,30-;/m0./s1. The fourth-order valence-corrected chi connectivity index (χ4v) is 5.61. The summed E-state index contributed by atoms with van der Waals surface area (Å²) >= 11 is 0. The van der Waals surface area contributed by atoms with Crippen molar-refractivity contribution < 1.29 is 51.8 Å². The summed E-state index contributed by atoms with van der Waals surface area (Å²) in [4.78, 5) is 73.9. The zero-order valence-corrected chi connectivity index (χ0v) is 26.5. The predicted molar refractivity (Wildman–Crippen MR) is 169 cm³/mol. The lowest BCUT2D eigenvalue weighted by Crippen LogP contribution is -2.50. The molecule has 14 nitrogen and oxygen atoms in total. The van der Waals surface area contributed by atoms with Crippen LogP contribution in [0.4, 0.5) is 18.9 Å². The number of alkyl halides is 3. The summed E-state index contributed by atoms with van der Waals surface area (Å²) in [5, 5.41) is 22.7. The maximum Gasteiger partial charge on any atom is 0.490 e. The molecule has 1 saturated heterocycles. The van der Waals surface area contributed by atoms with Crippen molar-refractivity contribution in [1.82, 2.24) is 16.0 Å². The number of hydrogen-bond acceptors (Lipinski definition) is 9. The van der Waals surface area contributed by atoms with Crippen molar-refractivity contribution in [3.05, 3.63) is 59.7 Å². The van der Waals surface area contributed by atoms with E-state index in [-0.39, 0.29) is 43.0 Å². The molecule has 0 spiro atoms. The number of aliphatic carboxylic acids is 1. The Morgan fingerprint density at radius 1 is 1.14 bits per heavy atom. The van der Waals surface area contributed by atoms with Gasteiger partial charge in [-0.3, -0.25) is 20.3 Å². The quantitative estimate of drug-likeness (QED) is 0.0318. The Hall–Kier alpha value is -5.32. The number of benzene rings is 2. The maximum atomic E-state index is 13.6. The van der Waals surface area contributed by atoms with Gasteiger partial charge in [-0.15, -0.1) is 0 Å². The molecule has 0 aliphatic carbocycles. The first-order valence-electron chi connectivity index (χ1n) is 15.2. The van der Waals surface area contributed by atoms with E-state index < -0.39 is 35.1 Å². The summed E-state index contributed by atoms with van der Waals surface area (Å²) < 4.78 is 37.4. The van der Waals surface area contributed by atoms with Crippen molar-refractivity contribution in [3.8, 4) is 5.75 Å². The summed E-state index contributed by atoms with van der Waals surface area (Å²) in [5.41, 5.74) is 3.93. The second kappa shape index (κ2) is 16.2. The minimum atomic E-state index is -5.08. The number of amides is 2. The number of guanidine groups is 1. The van der Waals surface area contributed by atoms with Gasteiger partial charge in [0, 0.05) is 25.4 Å². The number of rotatable bonds is 14. The van der Waals surface area contributed by atoms with E-state index in [0.29, 0.717) is 30.4 Å². The highest BCUT2D eigenvalue weighted by Crippen LogP contribution is 2.47. The third-order valence-corrected chi connectivity index (χ3v) is 8.14. The fourth-order valence-electron chi connectivity index (χ4n) is 5.61. The van der Waals surface area contributed by atoms with E-state index in [2.05, 4.69) is 16.0 Å². The third kappa shape index (κ3) is 9.19. The van der Waals surface area contributed by atoms with E-state index in [1.807, 2.05) is 6.07 Å². The summed E-state index contributed by atoms with van der Waals surface area (Å²) in [6.45, 7) is 2.07. The molecule has 49 heavy (non-hydrogen) atoms. The lowest BCUT2D eigenvalue weighted by Gasteiger charge is -2.30. The SMILES string of the molecule is CC(CN1C(=O)CNC(=O)c2cc(CCCCCNC(=N)N)ccc21)[C@@]1(C(=O)Oc2ccccc2)NC1(C=O)CC=O.O=C(O)C(F)(F)F. The zero-order chi connectivity index (χ0) is 36.4. The summed E-state index contributed by atoms with van der Waals surface area (Å²) in [6.07, 6.45) is -0.876. The number of carbonyl (C=O) groups excluding carboxylic acids is 5. The summed E-state index contributed by atoms with van der Waals surface area (Å²) in [7, 11) is 0. The lowest BCUT2D eigenvalue weighted by molar-refractivity contribution is -0.192. The van der Waals surface area contributed by atoms with Crippen LogP contribution in [0.15, 0.2) is 48.5 Å². The summed E-state index contributed by atoms with van der Waals surface area (Å²) in [5.74, 6) is -4.72. The molecule has 0 bridgehead atoms. The largest absolute Gasteiger partial charge is 0.490 e. The minimum absolute atomic E-state index is 0.0192. The molecule has 2 unspecified atom stereocenters. The minimum Gasteiger partial charge on any atom is -0.475 e. The Kier molecular flexibility index (Phi) is 12.6. The van der Waals surface area contributed by atoms with Crippen LogP contribution in [0.25, 0.3) is 0 Å². The number of nitrogens with two attached hydrogens (primary N) is 1. The first kappa shape index (κ1) is 38.1. The number of unbranched alkanes of at least 4 members (excludes halogenated alkanes) is 2. The van der Waals surface area contributed by atoms with Crippen LogP contribution in [-0.4, -0.2) is 84.3 Å². The van der Waals surface area contributed by atoms with Gasteiger partial charge in [-0.1, -0.05) is 37.6 Å². The van der Waals surface area contributed by atoms with Gasteiger partial charge in [0.1, 0.15) is 29.4 Å². The number of anilines is 1. The number of para-hydroxylation sites is 1. The van der Waals surface area contributed by atoms with Gasteiger partial charge in [-0.2, -0.15) is 13.2 Å². The van der Waals surface area contributed by atoms with Crippen LogP contribution in [-0.2, 0) is 30.4 Å². The highest BCUT2D eigenvalue weighted by Gasteiger charge is 2.75. The van der Waals surface area contributed by atoms with Gasteiger partial charge in [0.25, 0.3) is 5.91 Å². The highest BCUT2D eigenvalue weighted by molar-refractivity contribution is 6.10. The molecular formula is C32H37F3N6O8. The van der Waals surface area contributed by atoms with Gasteiger partial charge < -0.3 is 40.7 Å². The topological polar surface area (TPSA) is 231 Å². The maximum absolute atomic E-state index is 13.6. The van der Waals surface area contributed by atoms with Gasteiger partial charge >= 0.3 is 18.1 Å². The highest BCUT2D eigenvalue weighted by atomic mass is 19.4. The van der Waals surface area contributed by atoms with Gasteiger partial charge in [0.05, 0.1) is 17.8 Å². The van der Waals surface area contributed by atoms with E-state index >= 15 is 0 Å². The van der Waals surface area contributed by atoms with Crippen LogP contribution in [0.1, 0.15) is 48.5 Å². The Labute approximate surface area is 279 Å². The van der Waals surface area contributed by atoms with E-state index in [1.54, 1.807) is 49.4 Å². The Morgan fingerprint density at radius 2 is 1.82 bits per heavy atom. The van der Waals surface area contributed by atoms with Crippen LogP contribution >= 0.6 is 0 Å². The second-order valence-electron chi connectivity index (χ2n) is 11.5. The Bertz CT molecular complexity index is 1570. The van der Waals surface area contributed by atoms with Crippen molar-refractivity contribution in [2.75, 3.05) is 24.5 Å². The molecule has 3 atom stereocenters. The fraction of sp³-hybridized carbons (Fsp3) is 0.406. The van der Waals surface area contributed by atoms with Gasteiger partial charge in [0.2, 0.25) is 5.91 Å². The molecule has 17 heteroatoms. The molecule has 0 saturated carbocycles. The first-order chi connectivity index (χ1) is 23.1. The first-order valence-corrected chi connectivity index (χ1v) is 15.2. The normalized spacial score (nSPS) is 20.3. The number of esters is 1. The number of nitrogens with zero attached hydrogens (tertiary/aromatic N) is 1. The average molecular weight is 691 g/mol. The number of nitrogens with one attached hydrogen (secondary N) is 4. The number of hydrogen-bond donors (Lipinski definition) is 6. The summed E-state index contributed by atoms with van der Waals surface area (Å²) in [6, 6.07) is 13.7. The number of carboxylic acid groups (broad SMARTS) is 1. The molecule has 2 aromatic rings. The number of fused-ring (bicyclic) bond motifs is 1. The van der Waals surface area contributed by atoms with Crippen LogP contribution in [0.2, 0.25) is 0 Å². The molecular weight excluding hydrogens is 653 g/mol. The van der Waals surface area contributed by atoms with E-state index in [4.69, 9.17) is 25.8 Å². The molecule has 1 fully saturated rings. The molecule has 2 heterocycles. The van der Waals surface area contributed by atoms with Crippen molar-refractivity contribution >= 4 is 48.0 Å². The molecule has 2 aliphatic rings. The number of aryl methyl sites for hydroxylation is 1. The molecule has 2 aliphatic heterocycles. The number of ether oxygens (including phenoxy) is 1. The zero-order valence-electron chi connectivity index (χ0n) is 26.5. The van der Waals surface area contributed by atoms with Crippen molar-refractivity contribution in [2.45, 2.75) is 56.3 Å². The molecule has 2 aromatic carbocycles. The van der Waals surface area contributed by atoms with Crippen LogP contribution in [0.3, 0.4) is 0 Å². The van der Waals surface area contributed by atoms with Crippen LogP contribution in [0.5, 0.6) is 5.75 Å². The van der Waals surface area contributed by atoms with E-state index in [9.17, 15) is 37.1 Å². The van der Waals surface area contributed by atoms with Gasteiger partial charge in [-0.05, 0) is 49.1 Å². The Balaban J connectivity index is 0.000000838. The van der Waals surface area contributed by atoms with E-state index in [0.717, 1.165) is 31.2 Å². The van der Waals surface area contributed by atoms with Crippen molar-refractivity contribution in [3.63, 3.8) is 0 Å². The molecule has 4 rings (SSSR count). The van der Waals surface area contributed by atoms with E-state index in [1.165, 1.54) is 4.90 Å². The van der Waals surface area contributed by atoms with Gasteiger partial charge in [-0.25, -0.2) is 9.59 Å². The number of aldehydes is 2. The predicted octanol–water partition coefficient (Wildman–Crippen LogP) is 1.70. The molecule has 7 N–H and O–H groups in total. The lowest BCUT2D eigenvalue weighted by atomic mass is 9.81.